The van der Waals surface area contributed by atoms with Gasteiger partial charge in [0.2, 0.25) is 0 Å². The van der Waals surface area contributed by atoms with Crippen LogP contribution in [0.3, 0.4) is 0 Å². The number of nitrogens with zero attached hydrogens (tertiary/aromatic N) is 1. The van der Waals surface area contributed by atoms with Crippen molar-refractivity contribution in [2.24, 2.45) is 0 Å². The highest BCUT2D eigenvalue weighted by molar-refractivity contribution is 9.10. The van der Waals surface area contributed by atoms with Crippen molar-refractivity contribution in [3.8, 4) is 0 Å². The molecule has 0 fully saturated rings. The van der Waals surface area contributed by atoms with E-state index in [9.17, 15) is 4.79 Å². The van der Waals surface area contributed by atoms with E-state index in [4.69, 9.17) is 0 Å². The van der Waals surface area contributed by atoms with Gasteiger partial charge in [-0.25, -0.2) is 0 Å². The molecule has 1 aliphatic carbocycles. The molecule has 0 saturated heterocycles. The number of rotatable bonds is 1. The van der Waals surface area contributed by atoms with Crippen LogP contribution in [0.4, 0.5) is 0 Å². The van der Waals surface area contributed by atoms with Gasteiger partial charge in [0, 0.05) is 21.1 Å². The highest BCUT2D eigenvalue weighted by Crippen LogP contribution is 2.34. The second kappa shape index (κ2) is 6.38. The molecule has 0 spiro atoms. The lowest BCUT2D eigenvalue weighted by atomic mass is 9.86. The zero-order valence-electron chi connectivity index (χ0n) is 15.6. The minimum absolute atomic E-state index is 0.0842. The minimum Gasteiger partial charge on any atom is -0.280 e. The summed E-state index contributed by atoms with van der Waals surface area (Å²) in [4.78, 5) is 13.4. The summed E-state index contributed by atoms with van der Waals surface area (Å²) < 4.78 is 3.03. The van der Waals surface area contributed by atoms with Gasteiger partial charge in [-0.15, -0.1) is 0 Å². The first-order chi connectivity index (χ1) is 12.4. The van der Waals surface area contributed by atoms with Gasteiger partial charge in [-0.1, -0.05) is 48.8 Å². The van der Waals surface area contributed by atoms with Crippen LogP contribution in [-0.4, -0.2) is 10.5 Å². The van der Waals surface area contributed by atoms with Crippen molar-refractivity contribution < 1.29 is 4.79 Å². The maximum atomic E-state index is 13.4. The summed E-state index contributed by atoms with van der Waals surface area (Å²) in [7, 11) is 0. The van der Waals surface area contributed by atoms with Gasteiger partial charge < -0.3 is 0 Å². The molecule has 1 aliphatic rings. The highest BCUT2D eigenvalue weighted by Gasteiger charge is 2.24. The first-order valence-electron chi connectivity index (χ1n) is 9.33. The van der Waals surface area contributed by atoms with Crippen molar-refractivity contribution in [1.29, 1.82) is 0 Å². The Hall–Kier alpha value is -1.87. The summed E-state index contributed by atoms with van der Waals surface area (Å²) in [6.45, 7) is 6.58. The summed E-state index contributed by atoms with van der Waals surface area (Å²) >= 11 is 3.58. The normalized spacial score (nSPS) is 14.5. The molecule has 0 saturated carbocycles. The van der Waals surface area contributed by atoms with E-state index in [-0.39, 0.29) is 11.3 Å². The molecule has 134 valence electrons. The third-order valence-electron chi connectivity index (χ3n) is 5.43. The van der Waals surface area contributed by atoms with Gasteiger partial charge in [0.15, 0.2) is 0 Å². The molecule has 4 rings (SSSR count). The third kappa shape index (κ3) is 2.92. The number of halogens is 1. The number of hydrogen-bond donors (Lipinski definition) is 0. The molecule has 0 aliphatic heterocycles. The first kappa shape index (κ1) is 17.5. The Morgan fingerprint density at radius 2 is 1.69 bits per heavy atom. The Morgan fingerprint density at radius 3 is 2.38 bits per heavy atom. The number of hydrogen-bond acceptors (Lipinski definition) is 1. The molecule has 1 heterocycles. The standard InChI is InChI=1S/C23H24BrNO/c1-23(2,3)16-10-8-15(9-11-16)22(26)25-20-7-5-4-6-18(20)19-14-17(24)12-13-21(19)25/h8-14H,4-7H2,1-3H3. The fourth-order valence-corrected chi connectivity index (χ4v) is 4.35. The number of carbonyl (C=O) groups is 1. The van der Waals surface area contributed by atoms with Crippen molar-refractivity contribution in [3.05, 3.63) is 69.3 Å². The zero-order valence-corrected chi connectivity index (χ0v) is 17.2. The molecule has 0 unspecified atom stereocenters. The summed E-state index contributed by atoms with van der Waals surface area (Å²) in [6.07, 6.45) is 4.40. The lowest BCUT2D eigenvalue weighted by Crippen LogP contribution is -2.17. The molecule has 2 nitrogen and oxygen atoms in total. The van der Waals surface area contributed by atoms with E-state index in [1.807, 2.05) is 22.8 Å². The van der Waals surface area contributed by atoms with Gasteiger partial charge >= 0.3 is 0 Å². The second-order valence-electron chi connectivity index (χ2n) is 8.26. The molecule has 26 heavy (non-hydrogen) atoms. The van der Waals surface area contributed by atoms with Crippen LogP contribution in [0.5, 0.6) is 0 Å². The lowest BCUT2D eigenvalue weighted by Gasteiger charge is -2.19. The molecular weight excluding hydrogens is 386 g/mol. The molecule has 2 aromatic carbocycles. The van der Waals surface area contributed by atoms with Crippen LogP contribution < -0.4 is 0 Å². The fraction of sp³-hybridized carbons (Fsp3) is 0.348. The van der Waals surface area contributed by atoms with Crippen LogP contribution in [0.15, 0.2) is 46.9 Å². The minimum atomic E-state index is 0.0842. The summed E-state index contributed by atoms with van der Waals surface area (Å²) in [5.41, 5.74) is 5.68. The van der Waals surface area contributed by atoms with E-state index in [2.05, 4.69) is 61.0 Å². The molecule has 3 aromatic rings. The fourth-order valence-electron chi connectivity index (χ4n) is 3.99. The highest BCUT2D eigenvalue weighted by atomic mass is 79.9. The molecule has 0 amide bonds. The van der Waals surface area contributed by atoms with Crippen LogP contribution >= 0.6 is 15.9 Å². The van der Waals surface area contributed by atoms with Gasteiger partial charge in [0.05, 0.1) is 5.52 Å². The Bertz CT molecular complexity index is 990. The van der Waals surface area contributed by atoms with Crippen LogP contribution in [-0.2, 0) is 18.3 Å². The quantitative estimate of drug-likeness (QED) is 0.464. The van der Waals surface area contributed by atoms with Crippen LogP contribution in [0.25, 0.3) is 10.9 Å². The lowest BCUT2D eigenvalue weighted by molar-refractivity contribution is 0.0961. The Morgan fingerprint density at radius 1 is 1.00 bits per heavy atom. The number of aromatic nitrogens is 1. The largest absolute Gasteiger partial charge is 0.280 e. The van der Waals surface area contributed by atoms with E-state index < -0.39 is 0 Å². The SMILES string of the molecule is CC(C)(C)c1ccc(C(=O)n2c3c(c4cc(Br)ccc42)CCCC3)cc1. The Balaban J connectivity index is 1.85. The molecule has 0 atom stereocenters. The van der Waals surface area contributed by atoms with Gasteiger partial charge in [0.25, 0.3) is 5.91 Å². The Labute approximate surface area is 163 Å². The van der Waals surface area contributed by atoms with Gasteiger partial charge in [0.1, 0.15) is 0 Å². The second-order valence-corrected chi connectivity index (χ2v) is 9.18. The van der Waals surface area contributed by atoms with Crippen molar-refractivity contribution in [2.45, 2.75) is 51.9 Å². The van der Waals surface area contributed by atoms with Crippen molar-refractivity contribution in [1.82, 2.24) is 4.57 Å². The number of aryl methyl sites for hydroxylation is 1. The van der Waals surface area contributed by atoms with E-state index in [1.165, 1.54) is 28.6 Å². The summed E-state index contributed by atoms with van der Waals surface area (Å²) in [5.74, 6) is 0.0842. The van der Waals surface area contributed by atoms with Crippen LogP contribution in [0.2, 0.25) is 0 Å². The molecule has 0 bridgehead atoms. The maximum Gasteiger partial charge on any atom is 0.262 e. The van der Waals surface area contributed by atoms with Gasteiger partial charge in [-0.3, -0.25) is 9.36 Å². The average Bonchev–Trinajstić information content (AvgIpc) is 2.94. The van der Waals surface area contributed by atoms with Crippen molar-refractivity contribution in [2.75, 3.05) is 0 Å². The molecule has 0 radical (unpaired) electrons. The van der Waals surface area contributed by atoms with Crippen LogP contribution in [0, 0.1) is 0 Å². The summed E-state index contributed by atoms with van der Waals surface area (Å²) in [6, 6.07) is 14.4. The van der Waals surface area contributed by atoms with E-state index >= 15 is 0 Å². The average molecular weight is 410 g/mol. The topological polar surface area (TPSA) is 22.0 Å². The maximum absolute atomic E-state index is 13.4. The predicted molar refractivity (Wildman–Crippen MR) is 111 cm³/mol. The molecule has 0 N–H and O–H groups in total. The number of carbonyl (C=O) groups excluding carboxylic acids is 1. The third-order valence-corrected chi connectivity index (χ3v) is 5.93. The first-order valence-corrected chi connectivity index (χ1v) is 10.1. The monoisotopic (exact) mass is 409 g/mol. The smallest absolute Gasteiger partial charge is 0.262 e. The zero-order chi connectivity index (χ0) is 18.5. The molecule has 3 heteroatoms. The van der Waals surface area contributed by atoms with Crippen LogP contribution in [0.1, 0.15) is 60.8 Å². The van der Waals surface area contributed by atoms with E-state index in [0.29, 0.717) is 0 Å². The Kier molecular flexibility index (Phi) is 4.31. The molecule has 1 aromatic heterocycles. The predicted octanol–water partition coefficient (Wildman–Crippen LogP) is 6.27. The molecular formula is C23H24BrNO. The van der Waals surface area contributed by atoms with Crippen molar-refractivity contribution in [3.63, 3.8) is 0 Å². The summed E-state index contributed by atoms with van der Waals surface area (Å²) in [5, 5.41) is 1.22. The van der Waals surface area contributed by atoms with Gasteiger partial charge in [-0.2, -0.15) is 0 Å². The number of fused-ring (bicyclic) bond motifs is 3. The van der Waals surface area contributed by atoms with E-state index in [1.54, 1.807) is 0 Å². The van der Waals surface area contributed by atoms with Crippen molar-refractivity contribution >= 4 is 32.7 Å². The van der Waals surface area contributed by atoms with Gasteiger partial charge in [-0.05, 0) is 72.6 Å². The number of benzene rings is 2. The van der Waals surface area contributed by atoms with E-state index in [0.717, 1.165) is 34.8 Å².